The van der Waals surface area contributed by atoms with Gasteiger partial charge < -0.3 is 4.57 Å². The highest BCUT2D eigenvalue weighted by Crippen LogP contribution is 2.39. The van der Waals surface area contributed by atoms with E-state index in [0.717, 1.165) is 28.1 Å². The molecule has 1 heterocycles. The van der Waals surface area contributed by atoms with Crippen molar-refractivity contribution < 1.29 is 0 Å². The van der Waals surface area contributed by atoms with E-state index in [1.54, 1.807) is 0 Å². The van der Waals surface area contributed by atoms with Gasteiger partial charge in [-0.1, -0.05) is 264 Å². The molecule has 10 aromatic carbocycles. The summed E-state index contributed by atoms with van der Waals surface area (Å²) >= 11 is 0. The molecule has 0 aliphatic heterocycles. The van der Waals surface area contributed by atoms with Gasteiger partial charge in [-0.2, -0.15) is 0 Å². The molecular weight excluding hydrogens is 929 g/mol. The van der Waals surface area contributed by atoms with Crippen molar-refractivity contribution in [2.45, 2.75) is 69.2 Å². The number of aromatic nitrogens is 1. The second-order valence-electron chi connectivity index (χ2n) is 18.7. The van der Waals surface area contributed by atoms with Crippen molar-refractivity contribution in [2.24, 2.45) is 4.99 Å². The zero-order valence-corrected chi connectivity index (χ0v) is 46.9. The zero-order chi connectivity index (χ0) is 54.7. The van der Waals surface area contributed by atoms with Crippen molar-refractivity contribution in [3.05, 3.63) is 289 Å². The van der Waals surface area contributed by atoms with Gasteiger partial charge in [0.05, 0.1) is 16.7 Å². The van der Waals surface area contributed by atoms with Crippen molar-refractivity contribution in [1.29, 1.82) is 0 Å². The van der Waals surface area contributed by atoms with Gasteiger partial charge >= 0.3 is 0 Å². The van der Waals surface area contributed by atoms with Crippen LogP contribution in [0.5, 0.6) is 0 Å². The van der Waals surface area contributed by atoms with Crippen LogP contribution >= 0.6 is 0 Å². The van der Waals surface area contributed by atoms with Crippen LogP contribution in [-0.4, -0.2) is 10.3 Å². The number of para-hydroxylation sites is 1. The number of hydrogen-bond acceptors (Lipinski definition) is 1. The third kappa shape index (κ3) is 13.7. The summed E-state index contributed by atoms with van der Waals surface area (Å²) in [5.74, 6) is 0. The first kappa shape index (κ1) is 55.9. The maximum atomic E-state index is 4.77. The molecular formula is C75H74N2. The molecule has 77 heavy (non-hydrogen) atoms. The van der Waals surface area contributed by atoms with Crippen molar-refractivity contribution in [1.82, 2.24) is 4.57 Å². The normalized spacial score (nSPS) is 10.6. The topological polar surface area (TPSA) is 17.3 Å². The Morgan fingerprint density at radius 3 is 1.45 bits per heavy atom. The molecule has 0 bridgehead atoms. The molecule has 11 aromatic rings. The van der Waals surface area contributed by atoms with Crippen LogP contribution < -0.4 is 0 Å². The summed E-state index contributed by atoms with van der Waals surface area (Å²) in [6.45, 7) is 24.9. The summed E-state index contributed by atoms with van der Waals surface area (Å²) in [6, 6.07) is 88.1. The highest BCUT2D eigenvalue weighted by atomic mass is 15.0. The van der Waals surface area contributed by atoms with Crippen LogP contribution in [-0.2, 0) is 0 Å². The molecule has 0 aliphatic rings. The van der Waals surface area contributed by atoms with Gasteiger partial charge in [0.2, 0.25) is 0 Å². The molecule has 1 aromatic heterocycles. The van der Waals surface area contributed by atoms with Gasteiger partial charge in [0, 0.05) is 27.7 Å². The lowest BCUT2D eigenvalue weighted by Gasteiger charge is -2.15. The Hall–Kier alpha value is -8.85. The van der Waals surface area contributed by atoms with Crippen molar-refractivity contribution in [3.8, 4) is 61.3 Å². The summed E-state index contributed by atoms with van der Waals surface area (Å²) in [4.78, 5) is 4.77. The Bertz CT molecular complexity index is 3720. The number of hydrogen-bond donors (Lipinski definition) is 0. The minimum atomic E-state index is 0.765. The molecule has 0 spiro atoms. The van der Waals surface area contributed by atoms with E-state index in [0.29, 0.717) is 0 Å². The molecule has 0 fully saturated rings. The molecule has 0 atom stereocenters. The Morgan fingerprint density at radius 2 is 0.844 bits per heavy atom. The Morgan fingerprint density at radius 1 is 0.403 bits per heavy atom. The molecule has 2 nitrogen and oxygen atoms in total. The Balaban J connectivity index is 0.000000194. The van der Waals surface area contributed by atoms with Crippen LogP contribution in [0.15, 0.2) is 272 Å². The highest BCUT2D eigenvalue weighted by molar-refractivity contribution is 6.12. The van der Waals surface area contributed by atoms with E-state index in [1.165, 1.54) is 94.3 Å². The quantitative estimate of drug-likeness (QED) is 0.101. The fourth-order valence-corrected chi connectivity index (χ4v) is 9.37. The summed E-state index contributed by atoms with van der Waals surface area (Å²) < 4.78 is 2.44. The zero-order valence-electron chi connectivity index (χ0n) is 46.9. The lowest BCUT2D eigenvalue weighted by atomic mass is 9.95. The summed E-state index contributed by atoms with van der Waals surface area (Å²) in [6.07, 6.45) is 2.08. The lowest BCUT2D eigenvalue weighted by molar-refractivity contribution is 1.17. The van der Waals surface area contributed by atoms with Crippen molar-refractivity contribution >= 4 is 33.2 Å². The van der Waals surface area contributed by atoms with Crippen LogP contribution in [0.2, 0.25) is 0 Å². The Labute approximate surface area is 460 Å². The fraction of sp³-hybridized carbons (Fsp3) is 0.133. The lowest BCUT2D eigenvalue weighted by Crippen LogP contribution is -1.97. The van der Waals surface area contributed by atoms with Gasteiger partial charge in [0.25, 0.3) is 0 Å². The van der Waals surface area contributed by atoms with Crippen molar-refractivity contribution in [2.75, 3.05) is 0 Å². The average molecular weight is 1000 g/mol. The monoisotopic (exact) mass is 1000 g/mol. The van der Waals surface area contributed by atoms with Crippen LogP contribution in [0.3, 0.4) is 0 Å². The van der Waals surface area contributed by atoms with E-state index in [4.69, 9.17) is 4.99 Å². The standard InChI is InChI=1S/C34H27N.C32H25N.C5H10.2C2H6/c1-25(27-11-5-3-6-12-27)35-26(2)31-15-9-17-33(23-31)34-18-10-16-32(24-34)30-21-19-29(20-22-30)28-13-7-4-8-14-28;1-22-11-6-7-16-27(22)28-19-20-30-29-17-8-9-18-31(29)33(32(30)23(28)2)26-15-10-14-25(21-26)24-12-4-3-5-13-24;1-4-5(2)3;2*1-2/h3-24H,2H2,1H3;3-21H,1-2H3;4H,1-3H3;2*1-2H3. The molecule has 2 heteroatoms. The molecule has 0 aliphatic carbocycles. The molecule has 0 radical (unpaired) electrons. The third-order valence-electron chi connectivity index (χ3n) is 13.5. The van der Waals surface area contributed by atoms with E-state index < -0.39 is 0 Å². The second kappa shape index (κ2) is 27.6. The molecule has 0 saturated carbocycles. The summed E-state index contributed by atoms with van der Waals surface area (Å²) in [5.41, 5.74) is 23.8. The van der Waals surface area contributed by atoms with E-state index in [1.807, 2.05) is 65.8 Å². The van der Waals surface area contributed by atoms with Crippen LogP contribution in [0.1, 0.15) is 77.6 Å². The third-order valence-corrected chi connectivity index (χ3v) is 13.5. The minimum absolute atomic E-state index is 0.765. The Kier molecular flexibility index (Phi) is 20.0. The average Bonchev–Trinajstić information content (AvgIpc) is 3.85. The molecule has 0 unspecified atom stereocenters. The first-order valence-electron chi connectivity index (χ1n) is 27.2. The van der Waals surface area contributed by atoms with E-state index in [9.17, 15) is 0 Å². The van der Waals surface area contributed by atoms with Gasteiger partial charge in [-0.15, -0.1) is 0 Å². The number of aryl methyl sites for hydroxylation is 2. The van der Waals surface area contributed by atoms with Gasteiger partial charge in [-0.25, -0.2) is 0 Å². The molecule has 0 amide bonds. The molecule has 11 rings (SSSR count). The number of nitrogens with zero attached hydrogens (tertiary/aromatic N) is 2. The van der Waals surface area contributed by atoms with E-state index >= 15 is 0 Å². The smallest absolute Gasteiger partial charge is 0.0633 e. The van der Waals surface area contributed by atoms with Crippen molar-refractivity contribution in [3.63, 3.8) is 0 Å². The minimum Gasteiger partial charge on any atom is -0.309 e. The van der Waals surface area contributed by atoms with E-state index in [-0.39, 0.29) is 0 Å². The molecule has 0 N–H and O–H groups in total. The van der Waals surface area contributed by atoms with Gasteiger partial charge in [-0.3, -0.25) is 4.99 Å². The SMILES string of the molecule is C=C(N=C(C)c1ccccc1)c1cccc(-c2cccc(-c3ccc(-c4ccccc4)cc3)c2)c1.CC.CC.CC=C(C)C.Cc1ccccc1-c1ccc2c3ccccc3n(-c3cccc(-c4ccccc4)c3)c2c1C. The first-order chi connectivity index (χ1) is 37.7. The van der Waals surface area contributed by atoms with Crippen LogP contribution in [0.4, 0.5) is 0 Å². The van der Waals surface area contributed by atoms with Gasteiger partial charge in [0.15, 0.2) is 0 Å². The highest BCUT2D eigenvalue weighted by Gasteiger charge is 2.18. The van der Waals surface area contributed by atoms with E-state index in [2.05, 4.69) is 269 Å². The predicted octanol–water partition coefficient (Wildman–Crippen LogP) is 21.9. The maximum Gasteiger partial charge on any atom is 0.0633 e. The van der Waals surface area contributed by atoms with Crippen LogP contribution in [0.25, 0.3) is 88.8 Å². The number of rotatable bonds is 9. The molecule has 0 saturated heterocycles. The van der Waals surface area contributed by atoms with Gasteiger partial charge in [0.1, 0.15) is 0 Å². The molecule has 384 valence electrons. The summed E-state index contributed by atoms with van der Waals surface area (Å²) in [5, 5.41) is 2.59. The number of benzene rings is 10. The number of allylic oxidation sites excluding steroid dienone is 2. The van der Waals surface area contributed by atoms with Crippen LogP contribution in [0, 0.1) is 13.8 Å². The van der Waals surface area contributed by atoms with Gasteiger partial charge in [-0.05, 0) is 144 Å². The number of fused-ring (bicyclic) bond motifs is 3. The fourth-order valence-electron chi connectivity index (χ4n) is 9.37. The summed E-state index contributed by atoms with van der Waals surface area (Å²) in [7, 11) is 0. The predicted molar refractivity (Wildman–Crippen MR) is 339 cm³/mol. The largest absolute Gasteiger partial charge is 0.309 e. The number of aliphatic imine (C=N–C) groups is 1. The maximum absolute atomic E-state index is 4.77. The second-order valence-corrected chi connectivity index (χ2v) is 18.7. The first-order valence-corrected chi connectivity index (χ1v) is 27.2.